The molecule has 0 heterocycles. The molecule has 0 saturated carbocycles. The summed E-state index contributed by atoms with van der Waals surface area (Å²) < 4.78 is 225. The first kappa shape index (κ1) is 46.8. The number of alkyl halides is 14. The van der Waals surface area contributed by atoms with Crippen LogP contribution in [-0.2, 0) is 29.7 Å². The second kappa shape index (κ2) is 16.4. The highest BCUT2D eigenvalue weighted by Gasteiger charge is 2.59. The van der Waals surface area contributed by atoms with Crippen molar-refractivity contribution in [1.82, 2.24) is 0 Å². The van der Waals surface area contributed by atoms with E-state index in [1.165, 1.54) is 0 Å². The van der Waals surface area contributed by atoms with E-state index in [-0.39, 0.29) is 0 Å². The number of hydrogen-bond acceptors (Lipinski definition) is 7. The van der Waals surface area contributed by atoms with E-state index in [1.54, 1.807) is 0 Å². The van der Waals surface area contributed by atoms with Crippen LogP contribution in [0.4, 0.5) is 61.5 Å². The van der Waals surface area contributed by atoms with Gasteiger partial charge in [0.25, 0.3) is 0 Å². The molecule has 7 nitrogen and oxygen atoms in total. The monoisotopic (exact) mass is 810 g/mol. The van der Waals surface area contributed by atoms with Crippen molar-refractivity contribution in [1.29, 1.82) is 0 Å². The van der Waals surface area contributed by atoms with Gasteiger partial charge in [0.05, 0.1) is 0 Å². The minimum absolute atomic E-state index is 0.936. The van der Waals surface area contributed by atoms with Gasteiger partial charge in [-0.15, -0.1) is 0 Å². The predicted molar refractivity (Wildman–Crippen MR) is 150 cm³/mol. The molecule has 0 fully saturated rings. The van der Waals surface area contributed by atoms with Crippen molar-refractivity contribution in [2.75, 3.05) is 21.3 Å². The smallest absolute Gasteiger partial charge is 0.436 e. The van der Waals surface area contributed by atoms with Crippen LogP contribution in [0.5, 0.6) is 0 Å². The molecular formula is C21H40F14O7Si5. The molecule has 0 bridgehead atoms. The summed E-state index contributed by atoms with van der Waals surface area (Å²) in [5.41, 5.74) is 0. The van der Waals surface area contributed by atoms with E-state index in [2.05, 4.69) is 0 Å². The number of halogens is 14. The highest BCUT2D eigenvalue weighted by Crippen LogP contribution is 2.42. The normalized spacial score (nSPS) is 18.5. The maximum Gasteiger partial charge on any atom is 0.669 e. The first-order chi connectivity index (χ1) is 20.6. The van der Waals surface area contributed by atoms with Crippen molar-refractivity contribution in [3.05, 3.63) is 0 Å². The lowest BCUT2D eigenvalue weighted by molar-refractivity contribution is -0.282. The molecule has 0 spiro atoms. The van der Waals surface area contributed by atoms with Crippen LogP contribution in [0.1, 0.15) is 25.7 Å². The second-order valence-electron chi connectivity index (χ2n) is 11.7. The fourth-order valence-corrected chi connectivity index (χ4v) is 27.5. The highest BCUT2D eigenvalue weighted by molar-refractivity contribution is 6.90. The Kier molecular flexibility index (Phi) is 16.4. The number of hydrogen-bond donors (Lipinski definition) is 0. The molecule has 0 aliphatic heterocycles. The fraction of sp³-hybridized carbons (Fsp3) is 1.00. The summed E-state index contributed by atoms with van der Waals surface area (Å²) in [6, 6.07) is -4.10. The topological polar surface area (TPSA) is 64.6 Å². The first-order valence-electron chi connectivity index (χ1n) is 13.7. The maximum atomic E-state index is 13.7. The second-order valence-corrected chi connectivity index (χ2v) is 29.5. The molecule has 0 saturated heterocycles. The van der Waals surface area contributed by atoms with Gasteiger partial charge in [-0.2, -0.15) is 61.5 Å². The van der Waals surface area contributed by atoms with Gasteiger partial charge in [-0.05, 0) is 56.9 Å². The van der Waals surface area contributed by atoms with Crippen molar-refractivity contribution < 1.29 is 91.2 Å². The molecule has 0 amide bonds. The van der Waals surface area contributed by atoms with E-state index in [1.807, 2.05) is 0 Å². The van der Waals surface area contributed by atoms with Crippen molar-refractivity contribution in [3.8, 4) is 0 Å². The Hall–Kier alpha value is -0.176. The van der Waals surface area contributed by atoms with Crippen LogP contribution in [0.25, 0.3) is 0 Å². The average molecular weight is 811 g/mol. The van der Waals surface area contributed by atoms with Gasteiger partial charge in [0.2, 0.25) is 0 Å². The summed E-state index contributed by atoms with van der Waals surface area (Å²) in [6.07, 6.45) is -27.3. The largest absolute Gasteiger partial charge is 0.669 e. The molecule has 0 radical (unpaired) electrons. The van der Waals surface area contributed by atoms with E-state index >= 15 is 0 Å². The Bertz CT molecular complexity index is 958. The average Bonchev–Trinajstić information content (AvgIpc) is 2.85. The third-order valence-electron chi connectivity index (χ3n) is 6.49. The molecule has 3 atom stereocenters. The molecule has 0 aromatic carbocycles. The maximum absolute atomic E-state index is 13.7. The van der Waals surface area contributed by atoms with E-state index in [4.69, 9.17) is 29.7 Å². The van der Waals surface area contributed by atoms with E-state index in [0.29, 0.717) is 0 Å². The zero-order chi connectivity index (χ0) is 37.6. The van der Waals surface area contributed by atoms with Gasteiger partial charge in [-0.1, -0.05) is 0 Å². The Morgan fingerprint density at radius 3 is 0.979 bits per heavy atom. The van der Waals surface area contributed by atoms with E-state index in [0.717, 1.165) is 54.1 Å². The molecule has 47 heavy (non-hydrogen) atoms. The Balaban J connectivity index is 6.94. The lowest BCUT2D eigenvalue weighted by atomic mass is 10.2. The summed E-state index contributed by atoms with van der Waals surface area (Å²) >= 11 is 0. The Morgan fingerprint density at radius 1 is 0.404 bits per heavy atom. The van der Waals surface area contributed by atoms with Crippen LogP contribution in [0.3, 0.4) is 0 Å². The van der Waals surface area contributed by atoms with Crippen LogP contribution >= 0.6 is 0 Å². The minimum atomic E-state index is -5.95. The van der Waals surface area contributed by atoms with E-state index in [9.17, 15) is 61.5 Å². The van der Waals surface area contributed by atoms with Crippen LogP contribution in [-0.4, -0.2) is 95.0 Å². The summed E-state index contributed by atoms with van der Waals surface area (Å²) in [5.74, 6) is -5.19. The standard InChI is InChI=1S/C21H40F14O7Si5/c1-36-47(37-2,38-3)42-46(8,16-12-20(30,31)32)41-45(7,15-11-19(27,28)29)40-44(6,14-10-18(24,25)26)39-43(4,5)13-9-17(22,23)21(33,34)35/h9-16H2,1-8H3. The molecule has 284 valence electrons. The minimum Gasteiger partial charge on any atom is -0.436 e. The van der Waals surface area contributed by atoms with Crippen molar-refractivity contribution in [2.24, 2.45) is 0 Å². The summed E-state index contributed by atoms with van der Waals surface area (Å²) in [4.78, 5) is 0. The van der Waals surface area contributed by atoms with Crippen molar-refractivity contribution in [2.45, 2.75) is 113 Å². The third kappa shape index (κ3) is 18.1. The third-order valence-corrected chi connectivity index (χ3v) is 26.5. The van der Waals surface area contributed by atoms with Gasteiger partial charge in [0, 0.05) is 47.0 Å². The van der Waals surface area contributed by atoms with E-state index < -0.39 is 124 Å². The van der Waals surface area contributed by atoms with Crippen LogP contribution < -0.4 is 0 Å². The van der Waals surface area contributed by atoms with Crippen molar-refractivity contribution >= 4 is 43.0 Å². The molecule has 0 rings (SSSR count). The molecule has 0 aliphatic rings. The molecule has 0 N–H and O–H groups in total. The molecular weight excluding hydrogens is 771 g/mol. The number of rotatable bonds is 20. The van der Waals surface area contributed by atoms with Gasteiger partial charge >= 0.3 is 65.4 Å². The SMILES string of the molecule is CO[Si](OC)(OC)O[Si](C)(CCC(F)(F)F)O[Si](C)(CCC(F)(F)F)O[Si](C)(CCC(F)(F)F)O[Si](C)(C)CCC(F)(F)C(F)(F)F. The quantitative estimate of drug-likeness (QED) is 0.0898. The molecule has 0 aromatic heterocycles. The zero-order valence-corrected chi connectivity index (χ0v) is 31.8. The van der Waals surface area contributed by atoms with Gasteiger partial charge in [0.15, 0.2) is 8.32 Å². The van der Waals surface area contributed by atoms with Gasteiger partial charge in [-0.25, -0.2) is 0 Å². The molecule has 0 aromatic rings. The fourth-order valence-electron chi connectivity index (χ4n) is 4.26. The Labute approximate surface area is 268 Å². The molecule has 26 heteroatoms. The van der Waals surface area contributed by atoms with Crippen LogP contribution in [0.15, 0.2) is 0 Å². The van der Waals surface area contributed by atoms with Crippen molar-refractivity contribution in [3.63, 3.8) is 0 Å². The molecule has 3 unspecified atom stereocenters. The lowest BCUT2D eigenvalue weighted by Gasteiger charge is -2.45. The summed E-state index contributed by atoms with van der Waals surface area (Å²) in [7, 11) is -18.9. The Morgan fingerprint density at radius 2 is 0.702 bits per heavy atom. The van der Waals surface area contributed by atoms with Crippen LogP contribution in [0, 0.1) is 0 Å². The lowest BCUT2D eigenvalue weighted by Crippen LogP contribution is -2.63. The first-order valence-corrected chi connectivity index (χ1v) is 26.0. The van der Waals surface area contributed by atoms with Gasteiger partial charge < -0.3 is 29.7 Å². The summed E-state index contributed by atoms with van der Waals surface area (Å²) in [6.45, 7) is 5.11. The van der Waals surface area contributed by atoms with Gasteiger partial charge in [0.1, 0.15) is 0 Å². The predicted octanol–water partition coefficient (Wildman–Crippen LogP) is 9.29. The van der Waals surface area contributed by atoms with Crippen LogP contribution in [0.2, 0.25) is 56.9 Å². The molecule has 0 aliphatic carbocycles. The zero-order valence-electron chi connectivity index (χ0n) is 26.8. The highest BCUT2D eigenvalue weighted by atomic mass is 28.5. The summed E-state index contributed by atoms with van der Waals surface area (Å²) in [5, 5.41) is 0. The van der Waals surface area contributed by atoms with Gasteiger partial charge in [-0.3, -0.25) is 0 Å².